The van der Waals surface area contributed by atoms with Crippen molar-refractivity contribution in [2.24, 2.45) is 0 Å². The maximum Gasteiger partial charge on any atom is 0.251 e. The van der Waals surface area contributed by atoms with E-state index in [9.17, 15) is 4.79 Å². The van der Waals surface area contributed by atoms with E-state index in [4.69, 9.17) is 11.0 Å². The Labute approximate surface area is 123 Å². The van der Waals surface area contributed by atoms with Crippen LogP contribution >= 0.6 is 0 Å². The number of anilines is 3. The highest BCUT2D eigenvalue weighted by atomic mass is 16.1. The van der Waals surface area contributed by atoms with E-state index in [2.05, 4.69) is 11.4 Å². The third-order valence-corrected chi connectivity index (χ3v) is 3.24. The second-order valence-electron chi connectivity index (χ2n) is 4.57. The van der Waals surface area contributed by atoms with Gasteiger partial charge in [-0.3, -0.25) is 4.79 Å². The van der Waals surface area contributed by atoms with Crippen LogP contribution in [0.3, 0.4) is 0 Å². The van der Waals surface area contributed by atoms with Gasteiger partial charge in [-0.1, -0.05) is 6.07 Å². The molecule has 0 fully saturated rings. The number of benzene rings is 2. The van der Waals surface area contributed by atoms with Gasteiger partial charge in [0, 0.05) is 25.3 Å². The summed E-state index contributed by atoms with van der Waals surface area (Å²) in [5.41, 5.74) is 9.21. The highest BCUT2D eigenvalue weighted by Gasteiger charge is 2.12. The Morgan fingerprint density at radius 1 is 1.29 bits per heavy atom. The molecule has 2 rings (SSSR count). The molecule has 5 nitrogen and oxygen atoms in total. The van der Waals surface area contributed by atoms with Crippen LogP contribution in [0.1, 0.15) is 15.9 Å². The van der Waals surface area contributed by atoms with Crippen molar-refractivity contribution in [3.05, 3.63) is 53.6 Å². The van der Waals surface area contributed by atoms with Gasteiger partial charge in [0.15, 0.2) is 0 Å². The van der Waals surface area contributed by atoms with Crippen molar-refractivity contribution >= 4 is 23.0 Å². The van der Waals surface area contributed by atoms with Crippen LogP contribution < -0.4 is 16.0 Å². The highest BCUT2D eigenvalue weighted by Crippen LogP contribution is 2.30. The number of carbonyl (C=O) groups excluding carboxylic acids is 1. The largest absolute Gasteiger partial charge is 0.397 e. The van der Waals surface area contributed by atoms with Crippen LogP contribution in [-0.2, 0) is 0 Å². The van der Waals surface area contributed by atoms with Crippen molar-refractivity contribution in [3.63, 3.8) is 0 Å². The minimum Gasteiger partial charge on any atom is -0.397 e. The van der Waals surface area contributed by atoms with Crippen molar-refractivity contribution in [2.45, 2.75) is 0 Å². The lowest BCUT2D eigenvalue weighted by molar-refractivity contribution is 0.0963. The van der Waals surface area contributed by atoms with E-state index >= 15 is 0 Å². The van der Waals surface area contributed by atoms with Gasteiger partial charge in [-0.2, -0.15) is 5.26 Å². The van der Waals surface area contributed by atoms with E-state index in [0.29, 0.717) is 22.5 Å². The molecule has 3 N–H and O–H groups in total. The molecule has 5 heteroatoms. The molecule has 2 aromatic rings. The second-order valence-corrected chi connectivity index (χ2v) is 4.57. The SMILES string of the molecule is CNC(=O)c1ccc(N)c(N(C)c2cccc(C#N)c2)c1. The number of hydrogen-bond acceptors (Lipinski definition) is 4. The fraction of sp³-hybridized carbons (Fsp3) is 0.125. The average Bonchev–Trinajstić information content (AvgIpc) is 2.54. The number of nitrogens with zero attached hydrogens (tertiary/aromatic N) is 2. The maximum absolute atomic E-state index is 11.7. The molecule has 0 aliphatic rings. The normalized spacial score (nSPS) is 9.76. The van der Waals surface area contributed by atoms with Crippen LogP contribution in [0, 0.1) is 11.3 Å². The van der Waals surface area contributed by atoms with Gasteiger partial charge >= 0.3 is 0 Å². The van der Waals surface area contributed by atoms with Gasteiger partial charge in [0.25, 0.3) is 5.91 Å². The number of hydrogen-bond donors (Lipinski definition) is 2. The van der Waals surface area contributed by atoms with Crippen LogP contribution in [0.15, 0.2) is 42.5 Å². The Balaban J connectivity index is 2.44. The Hall–Kier alpha value is -3.00. The van der Waals surface area contributed by atoms with Gasteiger partial charge < -0.3 is 16.0 Å². The standard InChI is InChI=1S/C16H16N4O/c1-19-16(21)12-6-7-14(18)15(9-12)20(2)13-5-3-4-11(8-13)10-17/h3-9H,18H2,1-2H3,(H,19,21). The van der Waals surface area contributed by atoms with Crippen LogP contribution in [0.5, 0.6) is 0 Å². The van der Waals surface area contributed by atoms with Crippen molar-refractivity contribution < 1.29 is 4.79 Å². The van der Waals surface area contributed by atoms with Gasteiger partial charge in [0.05, 0.1) is 23.0 Å². The van der Waals surface area contributed by atoms with Crippen molar-refractivity contribution in [1.82, 2.24) is 5.32 Å². The van der Waals surface area contributed by atoms with Crippen LogP contribution in [0.25, 0.3) is 0 Å². The van der Waals surface area contributed by atoms with Crippen LogP contribution in [0.4, 0.5) is 17.1 Å². The molecule has 0 saturated carbocycles. The molecular weight excluding hydrogens is 264 g/mol. The lowest BCUT2D eigenvalue weighted by atomic mass is 10.1. The molecular formula is C16H16N4O. The summed E-state index contributed by atoms with van der Waals surface area (Å²) in [6, 6.07) is 14.4. The fourth-order valence-corrected chi connectivity index (χ4v) is 2.04. The molecule has 0 spiro atoms. The van der Waals surface area contributed by atoms with Crippen LogP contribution in [-0.4, -0.2) is 20.0 Å². The Morgan fingerprint density at radius 2 is 2.05 bits per heavy atom. The number of nitrogens with one attached hydrogen (secondary N) is 1. The van der Waals surface area contributed by atoms with E-state index in [1.54, 1.807) is 37.4 Å². The van der Waals surface area contributed by atoms with Gasteiger partial charge in [0.1, 0.15) is 0 Å². The number of amides is 1. The molecule has 0 atom stereocenters. The summed E-state index contributed by atoms with van der Waals surface area (Å²) in [7, 11) is 3.42. The summed E-state index contributed by atoms with van der Waals surface area (Å²) < 4.78 is 0. The molecule has 0 bridgehead atoms. The van der Waals surface area contributed by atoms with Crippen molar-refractivity contribution in [1.29, 1.82) is 5.26 Å². The second kappa shape index (κ2) is 5.97. The molecule has 0 aliphatic carbocycles. The smallest absolute Gasteiger partial charge is 0.251 e. The molecule has 0 unspecified atom stereocenters. The Kier molecular flexibility index (Phi) is 4.10. The summed E-state index contributed by atoms with van der Waals surface area (Å²) in [5.74, 6) is -0.171. The number of nitriles is 1. The predicted molar refractivity (Wildman–Crippen MR) is 83.5 cm³/mol. The molecule has 21 heavy (non-hydrogen) atoms. The zero-order chi connectivity index (χ0) is 15.4. The van der Waals surface area contributed by atoms with E-state index < -0.39 is 0 Å². The first-order chi connectivity index (χ1) is 10.1. The average molecular weight is 280 g/mol. The zero-order valence-electron chi connectivity index (χ0n) is 11.9. The molecule has 0 heterocycles. The number of rotatable bonds is 3. The fourth-order valence-electron chi connectivity index (χ4n) is 2.04. The molecule has 0 aromatic heterocycles. The predicted octanol–water partition coefficient (Wildman–Crippen LogP) is 2.27. The molecule has 106 valence electrons. The summed E-state index contributed by atoms with van der Waals surface area (Å²) in [5, 5.41) is 11.6. The topological polar surface area (TPSA) is 82.2 Å². The summed E-state index contributed by atoms with van der Waals surface area (Å²) in [6.07, 6.45) is 0. The first-order valence-electron chi connectivity index (χ1n) is 6.42. The third-order valence-electron chi connectivity index (χ3n) is 3.24. The third kappa shape index (κ3) is 2.95. The van der Waals surface area contributed by atoms with E-state index in [0.717, 1.165) is 5.69 Å². The van der Waals surface area contributed by atoms with Gasteiger partial charge in [-0.05, 0) is 36.4 Å². The first-order valence-corrected chi connectivity index (χ1v) is 6.42. The lowest BCUT2D eigenvalue weighted by Gasteiger charge is -2.22. The number of nitrogens with two attached hydrogens (primary N) is 1. The zero-order valence-corrected chi connectivity index (χ0v) is 11.9. The minimum atomic E-state index is -0.171. The Morgan fingerprint density at radius 3 is 2.71 bits per heavy atom. The van der Waals surface area contributed by atoms with Gasteiger partial charge in [0.2, 0.25) is 0 Å². The van der Waals surface area contributed by atoms with Crippen LogP contribution in [0.2, 0.25) is 0 Å². The minimum absolute atomic E-state index is 0.171. The number of nitrogen functional groups attached to an aromatic ring is 1. The van der Waals surface area contributed by atoms with Crippen molar-refractivity contribution in [2.75, 3.05) is 24.7 Å². The van der Waals surface area contributed by atoms with Gasteiger partial charge in [-0.25, -0.2) is 0 Å². The van der Waals surface area contributed by atoms with E-state index in [-0.39, 0.29) is 5.91 Å². The quantitative estimate of drug-likeness (QED) is 0.845. The first kappa shape index (κ1) is 14.4. The van der Waals surface area contributed by atoms with E-state index in [1.165, 1.54) is 0 Å². The highest BCUT2D eigenvalue weighted by molar-refractivity contribution is 5.96. The van der Waals surface area contributed by atoms with E-state index in [1.807, 2.05) is 24.1 Å². The summed E-state index contributed by atoms with van der Waals surface area (Å²) >= 11 is 0. The molecule has 1 amide bonds. The Bertz CT molecular complexity index is 718. The van der Waals surface area contributed by atoms with Crippen molar-refractivity contribution in [3.8, 4) is 6.07 Å². The molecule has 0 radical (unpaired) electrons. The maximum atomic E-state index is 11.7. The molecule has 0 saturated heterocycles. The summed E-state index contributed by atoms with van der Waals surface area (Å²) in [6.45, 7) is 0. The number of carbonyl (C=O) groups is 1. The monoisotopic (exact) mass is 280 g/mol. The lowest BCUT2D eigenvalue weighted by Crippen LogP contribution is -2.19. The summed E-state index contributed by atoms with van der Waals surface area (Å²) in [4.78, 5) is 13.6. The molecule has 2 aromatic carbocycles. The van der Waals surface area contributed by atoms with Gasteiger partial charge in [-0.15, -0.1) is 0 Å². The molecule has 0 aliphatic heterocycles.